The van der Waals surface area contributed by atoms with Gasteiger partial charge in [0.05, 0.1) is 6.04 Å². The first-order valence-electron chi connectivity index (χ1n) is 9.46. The van der Waals surface area contributed by atoms with Gasteiger partial charge in [-0.15, -0.1) is 0 Å². The molecule has 26 heavy (non-hydrogen) atoms. The molecule has 0 aromatic heterocycles. The fraction of sp³-hybridized carbons (Fsp3) is 0.435. The van der Waals surface area contributed by atoms with E-state index in [2.05, 4.69) is 50.4 Å². The maximum Gasteiger partial charge on any atom is 0.261 e. The number of carbonyl (C=O) groups excluding carboxylic acids is 1. The molecule has 2 unspecified atom stereocenters. The van der Waals surface area contributed by atoms with Crippen molar-refractivity contribution >= 4 is 5.91 Å². The number of aryl methyl sites for hydroxylation is 4. The van der Waals surface area contributed by atoms with Gasteiger partial charge in [0.25, 0.3) is 5.91 Å². The van der Waals surface area contributed by atoms with Crippen LogP contribution in [0.1, 0.15) is 60.5 Å². The highest BCUT2D eigenvalue weighted by atomic mass is 16.5. The van der Waals surface area contributed by atoms with E-state index in [0.717, 1.165) is 23.3 Å². The van der Waals surface area contributed by atoms with Gasteiger partial charge in [0, 0.05) is 0 Å². The molecule has 0 heterocycles. The second-order valence-electron chi connectivity index (χ2n) is 7.17. The van der Waals surface area contributed by atoms with Crippen molar-refractivity contribution in [3.63, 3.8) is 0 Å². The smallest absolute Gasteiger partial charge is 0.261 e. The van der Waals surface area contributed by atoms with Gasteiger partial charge in [-0.2, -0.15) is 0 Å². The van der Waals surface area contributed by atoms with E-state index in [1.165, 1.54) is 16.7 Å². The quantitative estimate of drug-likeness (QED) is 0.729. The number of carbonyl (C=O) groups is 1. The van der Waals surface area contributed by atoms with Gasteiger partial charge in [0.15, 0.2) is 6.10 Å². The molecule has 0 fully saturated rings. The Bertz CT molecular complexity index is 747. The SMILES string of the molecule is CCC(Oc1cc(C)cc(C)c1)C(=O)NC(CC)c1ccc(C)cc1C. The van der Waals surface area contributed by atoms with Crippen LogP contribution in [0.5, 0.6) is 5.75 Å². The maximum absolute atomic E-state index is 12.8. The van der Waals surface area contributed by atoms with E-state index in [1.54, 1.807) is 0 Å². The van der Waals surface area contributed by atoms with Crippen molar-refractivity contribution in [3.8, 4) is 5.75 Å². The van der Waals surface area contributed by atoms with E-state index in [0.29, 0.717) is 6.42 Å². The summed E-state index contributed by atoms with van der Waals surface area (Å²) < 4.78 is 6.01. The second-order valence-corrected chi connectivity index (χ2v) is 7.17. The van der Waals surface area contributed by atoms with Gasteiger partial charge in [-0.25, -0.2) is 0 Å². The third-order valence-corrected chi connectivity index (χ3v) is 4.66. The summed E-state index contributed by atoms with van der Waals surface area (Å²) in [4.78, 5) is 12.8. The Balaban J connectivity index is 2.13. The Morgan fingerprint density at radius 3 is 2.12 bits per heavy atom. The third kappa shape index (κ3) is 5.10. The van der Waals surface area contributed by atoms with Crippen molar-refractivity contribution in [1.29, 1.82) is 0 Å². The summed E-state index contributed by atoms with van der Waals surface area (Å²) in [5, 5.41) is 3.18. The largest absolute Gasteiger partial charge is 0.481 e. The van der Waals surface area contributed by atoms with Crippen LogP contribution in [0.3, 0.4) is 0 Å². The minimum Gasteiger partial charge on any atom is -0.481 e. The lowest BCUT2D eigenvalue weighted by atomic mass is 9.97. The molecule has 0 radical (unpaired) electrons. The fourth-order valence-electron chi connectivity index (χ4n) is 3.37. The van der Waals surface area contributed by atoms with Crippen molar-refractivity contribution in [1.82, 2.24) is 5.32 Å². The topological polar surface area (TPSA) is 38.3 Å². The summed E-state index contributed by atoms with van der Waals surface area (Å²) in [6.07, 6.45) is 0.980. The molecule has 0 saturated carbocycles. The molecular formula is C23H31NO2. The molecule has 0 aliphatic carbocycles. The predicted molar refractivity (Wildman–Crippen MR) is 108 cm³/mol. The Labute approximate surface area is 157 Å². The van der Waals surface area contributed by atoms with Crippen LogP contribution in [0.25, 0.3) is 0 Å². The molecular weight excluding hydrogens is 322 g/mol. The first-order chi connectivity index (χ1) is 12.3. The number of hydrogen-bond acceptors (Lipinski definition) is 2. The normalized spacial score (nSPS) is 13.2. The van der Waals surface area contributed by atoms with Gasteiger partial charge >= 0.3 is 0 Å². The highest BCUT2D eigenvalue weighted by molar-refractivity contribution is 5.81. The van der Waals surface area contributed by atoms with Crippen molar-refractivity contribution in [3.05, 3.63) is 64.2 Å². The Hall–Kier alpha value is -2.29. The molecule has 1 N–H and O–H groups in total. The lowest BCUT2D eigenvalue weighted by Gasteiger charge is -2.24. The maximum atomic E-state index is 12.8. The monoisotopic (exact) mass is 353 g/mol. The molecule has 140 valence electrons. The number of benzene rings is 2. The molecule has 2 aromatic rings. The lowest BCUT2D eigenvalue weighted by Crippen LogP contribution is -2.40. The van der Waals surface area contributed by atoms with Crippen LogP contribution < -0.4 is 10.1 Å². The van der Waals surface area contributed by atoms with Crippen molar-refractivity contribution < 1.29 is 9.53 Å². The summed E-state index contributed by atoms with van der Waals surface area (Å²) in [5.74, 6) is 0.697. The van der Waals surface area contributed by atoms with E-state index in [9.17, 15) is 4.79 Å². The minimum atomic E-state index is -0.490. The first kappa shape index (κ1) is 20.0. The highest BCUT2D eigenvalue weighted by Crippen LogP contribution is 2.23. The van der Waals surface area contributed by atoms with Crippen LogP contribution in [0.4, 0.5) is 0 Å². The average Bonchev–Trinajstić information content (AvgIpc) is 2.57. The molecule has 0 saturated heterocycles. The fourth-order valence-corrected chi connectivity index (χ4v) is 3.37. The van der Waals surface area contributed by atoms with Crippen LogP contribution in [0.2, 0.25) is 0 Å². The highest BCUT2D eigenvalue weighted by Gasteiger charge is 2.22. The van der Waals surface area contributed by atoms with E-state index in [4.69, 9.17) is 4.74 Å². The van der Waals surface area contributed by atoms with Gasteiger partial charge in [-0.3, -0.25) is 4.79 Å². The van der Waals surface area contributed by atoms with E-state index < -0.39 is 6.10 Å². The minimum absolute atomic E-state index is 0.00000409. The first-order valence-corrected chi connectivity index (χ1v) is 9.46. The Morgan fingerprint density at radius 1 is 0.923 bits per heavy atom. The zero-order valence-electron chi connectivity index (χ0n) is 16.8. The predicted octanol–water partition coefficient (Wildman–Crippen LogP) is 5.35. The van der Waals surface area contributed by atoms with Gasteiger partial charge < -0.3 is 10.1 Å². The molecule has 2 atom stereocenters. The zero-order chi connectivity index (χ0) is 19.3. The lowest BCUT2D eigenvalue weighted by molar-refractivity contribution is -0.128. The number of ether oxygens (including phenoxy) is 1. The number of rotatable bonds is 7. The van der Waals surface area contributed by atoms with Crippen LogP contribution in [-0.2, 0) is 4.79 Å². The summed E-state index contributed by atoms with van der Waals surface area (Å²) in [6.45, 7) is 12.3. The van der Waals surface area contributed by atoms with E-state index >= 15 is 0 Å². The Morgan fingerprint density at radius 2 is 1.58 bits per heavy atom. The van der Waals surface area contributed by atoms with Gasteiger partial charge in [0.1, 0.15) is 5.75 Å². The van der Waals surface area contributed by atoms with E-state index in [1.807, 2.05) is 32.9 Å². The molecule has 1 amide bonds. The standard InChI is InChI=1S/C23H31NO2/c1-7-21(20-10-9-15(3)12-18(20)6)24-23(25)22(8-2)26-19-13-16(4)11-17(5)14-19/h9-14,21-22H,7-8H2,1-6H3,(H,24,25). The zero-order valence-corrected chi connectivity index (χ0v) is 16.8. The molecule has 0 bridgehead atoms. The van der Waals surface area contributed by atoms with Crippen molar-refractivity contribution in [2.45, 2.75) is 66.5 Å². The van der Waals surface area contributed by atoms with E-state index in [-0.39, 0.29) is 11.9 Å². The molecule has 0 aliphatic heterocycles. The second kappa shape index (κ2) is 8.88. The van der Waals surface area contributed by atoms with Crippen LogP contribution in [0, 0.1) is 27.7 Å². The molecule has 0 spiro atoms. The van der Waals surface area contributed by atoms with Crippen LogP contribution >= 0.6 is 0 Å². The summed E-state index contributed by atoms with van der Waals surface area (Å²) in [6, 6.07) is 12.4. The number of amides is 1. The molecule has 3 heteroatoms. The van der Waals surface area contributed by atoms with Crippen LogP contribution in [-0.4, -0.2) is 12.0 Å². The summed E-state index contributed by atoms with van der Waals surface area (Å²) in [7, 11) is 0. The third-order valence-electron chi connectivity index (χ3n) is 4.66. The molecule has 3 nitrogen and oxygen atoms in total. The van der Waals surface area contributed by atoms with Crippen molar-refractivity contribution in [2.24, 2.45) is 0 Å². The average molecular weight is 354 g/mol. The Kier molecular flexibility index (Phi) is 6.84. The number of hydrogen-bond donors (Lipinski definition) is 1. The molecule has 2 aromatic carbocycles. The molecule has 0 aliphatic rings. The van der Waals surface area contributed by atoms with Gasteiger partial charge in [-0.05, 0) is 74.9 Å². The van der Waals surface area contributed by atoms with Gasteiger partial charge in [0.2, 0.25) is 0 Å². The summed E-state index contributed by atoms with van der Waals surface area (Å²) in [5.41, 5.74) is 5.89. The number of nitrogens with one attached hydrogen (secondary N) is 1. The molecule has 2 rings (SSSR count). The van der Waals surface area contributed by atoms with Gasteiger partial charge in [-0.1, -0.05) is 43.7 Å². The van der Waals surface area contributed by atoms with Crippen LogP contribution in [0.15, 0.2) is 36.4 Å². The van der Waals surface area contributed by atoms with Crippen molar-refractivity contribution in [2.75, 3.05) is 0 Å². The summed E-state index contributed by atoms with van der Waals surface area (Å²) >= 11 is 0.